The summed E-state index contributed by atoms with van der Waals surface area (Å²) in [5, 5.41) is 3.85. The summed E-state index contributed by atoms with van der Waals surface area (Å²) in [6.07, 6.45) is 3.07. The van der Waals surface area contributed by atoms with Crippen molar-refractivity contribution in [3.8, 4) is 0 Å². The van der Waals surface area contributed by atoms with Gasteiger partial charge in [0.15, 0.2) is 0 Å². The molecule has 1 aromatic rings. The zero-order valence-electron chi connectivity index (χ0n) is 11.8. The van der Waals surface area contributed by atoms with Gasteiger partial charge in [-0.1, -0.05) is 31.9 Å². The predicted octanol–water partition coefficient (Wildman–Crippen LogP) is 3.33. The molecule has 18 heavy (non-hydrogen) atoms. The highest BCUT2D eigenvalue weighted by Gasteiger charge is 2.13. The van der Waals surface area contributed by atoms with Gasteiger partial charge in [-0.05, 0) is 31.5 Å². The van der Waals surface area contributed by atoms with Crippen molar-refractivity contribution in [3.05, 3.63) is 22.8 Å². The van der Waals surface area contributed by atoms with Crippen molar-refractivity contribution in [2.75, 3.05) is 25.0 Å². The molecular formula is C14H24ClN3. The molecule has 0 aliphatic carbocycles. The Bertz CT molecular complexity index is 368. The Balaban J connectivity index is 2.85. The van der Waals surface area contributed by atoms with Gasteiger partial charge in [-0.25, -0.2) is 4.98 Å². The van der Waals surface area contributed by atoms with E-state index in [4.69, 9.17) is 11.6 Å². The summed E-state index contributed by atoms with van der Waals surface area (Å²) in [7, 11) is 1.92. The molecule has 0 saturated carbocycles. The van der Waals surface area contributed by atoms with Crippen LogP contribution in [0.5, 0.6) is 0 Å². The topological polar surface area (TPSA) is 28.2 Å². The highest BCUT2D eigenvalue weighted by atomic mass is 35.5. The highest BCUT2D eigenvalue weighted by molar-refractivity contribution is 6.33. The molecule has 1 rings (SSSR count). The second kappa shape index (κ2) is 7.59. The fourth-order valence-corrected chi connectivity index (χ4v) is 2.18. The largest absolute Gasteiger partial charge is 0.355 e. The van der Waals surface area contributed by atoms with E-state index in [2.05, 4.69) is 36.0 Å². The third-order valence-electron chi connectivity index (χ3n) is 3.17. The molecule has 1 atom stereocenters. The van der Waals surface area contributed by atoms with Gasteiger partial charge < -0.3 is 10.2 Å². The van der Waals surface area contributed by atoms with Crippen LogP contribution in [0, 0.1) is 5.92 Å². The van der Waals surface area contributed by atoms with Gasteiger partial charge in [-0.2, -0.15) is 0 Å². The SMILES string of the molecule is CCC(C)CN(CC)c1ncc(CNC)cc1Cl. The Morgan fingerprint density at radius 3 is 2.67 bits per heavy atom. The fourth-order valence-electron chi connectivity index (χ4n) is 1.87. The summed E-state index contributed by atoms with van der Waals surface area (Å²) >= 11 is 6.33. The Morgan fingerprint density at radius 2 is 2.17 bits per heavy atom. The van der Waals surface area contributed by atoms with E-state index in [1.165, 1.54) is 6.42 Å². The normalized spacial score (nSPS) is 12.5. The molecule has 4 heteroatoms. The Labute approximate surface area is 116 Å². The number of aromatic nitrogens is 1. The van der Waals surface area contributed by atoms with Crippen LogP contribution in [-0.2, 0) is 6.54 Å². The molecule has 102 valence electrons. The molecule has 0 aliphatic rings. The minimum Gasteiger partial charge on any atom is -0.355 e. The Kier molecular flexibility index (Phi) is 6.44. The first-order chi connectivity index (χ1) is 8.62. The molecule has 0 aromatic carbocycles. The number of pyridine rings is 1. The minimum absolute atomic E-state index is 0.653. The average Bonchev–Trinajstić information content (AvgIpc) is 2.37. The molecule has 0 spiro atoms. The van der Waals surface area contributed by atoms with Crippen LogP contribution in [0.4, 0.5) is 5.82 Å². The van der Waals surface area contributed by atoms with Gasteiger partial charge in [-0.15, -0.1) is 0 Å². The molecule has 0 saturated heterocycles. The first-order valence-electron chi connectivity index (χ1n) is 6.66. The summed E-state index contributed by atoms with van der Waals surface area (Å²) < 4.78 is 0. The first-order valence-corrected chi connectivity index (χ1v) is 7.04. The maximum absolute atomic E-state index is 6.33. The van der Waals surface area contributed by atoms with E-state index in [1.807, 2.05) is 19.3 Å². The number of anilines is 1. The molecule has 0 bridgehead atoms. The van der Waals surface area contributed by atoms with Crippen LogP contribution in [-0.4, -0.2) is 25.1 Å². The summed E-state index contributed by atoms with van der Waals surface area (Å²) in [6, 6.07) is 2.00. The van der Waals surface area contributed by atoms with Crippen molar-refractivity contribution in [2.45, 2.75) is 33.7 Å². The van der Waals surface area contributed by atoms with Crippen molar-refractivity contribution in [1.29, 1.82) is 0 Å². The number of hydrogen-bond donors (Lipinski definition) is 1. The average molecular weight is 270 g/mol. The second-order valence-corrected chi connectivity index (χ2v) is 5.14. The van der Waals surface area contributed by atoms with E-state index in [-0.39, 0.29) is 0 Å². The molecule has 1 N–H and O–H groups in total. The lowest BCUT2D eigenvalue weighted by atomic mass is 10.1. The smallest absolute Gasteiger partial charge is 0.147 e. The molecular weight excluding hydrogens is 246 g/mol. The highest BCUT2D eigenvalue weighted by Crippen LogP contribution is 2.25. The van der Waals surface area contributed by atoms with E-state index in [0.29, 0.717) is 5.92 Å². The van der Waals surface area contributed by atoms with Crippen LogP contribution in [0.3, 0.4) is 0 Å². The Hall–Kier alpha value is -0.800. The van der Waals surface area contributed by atoms with E-state index < -0.39 is 0 Å². The van der Waals surface area contributed by atoms with Gasteiger partial charge in [-0.3, -0.25) is 0 Å². The van der Waals surface area contributed by atoms with E-state index in [1.54, 1.807) is 0 Å². The summed E-state index contributed by atoms with van der Waals surface area (Å²) in [5.74, 6) is 1.55. The quantitative estimate of drug-likeness (QED) is 0.823. The number of nitrogens with zero attached hydrogens (tertiary/aromatic N) is 2. The van der Waals surface area contributed by atoms with Gasteiger partial charge in [0.25, 0.3) is 0 Å². The lowest BCUT2D eigenvalue weighted by molar-refractivity contribution is 0.545. The molecule has 0 aliphatic heterocycles. The van der Waals surface area contributed by atoms with Crippen molar-refractivity contribution >= 4 is 17.4 Å². The number of nitrogens with one attached hydrogen (secondary N) is 1. The van der Waals surface area contributed by atoms with E-state index >= 15 is 0 Å². The van der Waals surface area contributed by atoms with Gasteiger partial charge >= 0.3 is 0 Å². The van der Waals surface area contributed by atoms with E-state index in [0.717, 1.165) is 36.0 Å². The van der Waals surface area contributed by atoms with Crippen molar-refractivity contribution in [1.82, 2.24) is 10.3 Å². The number of hydrogen-bond acceptors (Lipinski definition) is 3. The summed E-state index contributed by atoms with van der Waals surface area (Å²) in [4.78, 5) is 6.76. The van der Waals surface area contributed by atoms with Gasteiger partial charge in [0.2, 0.25) is 0 Å². The first kappa shape index (κ1) is 15.3. The van der Waals surface area contributed by atoms with Gasteiger partial charge in [0, 0.05) is 25.8 Å². The third-order valence-corrected chi connectivity index (χ3v) is 3.45. The van der Waals surface area contributed by atoms with Crippen LogP contribution in [0.2, 0.25) is 5.02 Å². The van der Waals surface area contributed by atoms with Crippen molar-refractivity contribution in [3.63, 3.8) is 0 Å². The zero-order valence-corrected chi connectivity index (χ0v) is 12.6. The van der Waals surface area contributed by atoms with Crippen LogP contribution in [0.1, 0.15) is 32.8 Å². The second-order valence-electron chi connectivity index (χ2n) is 4.73. The van der Waals surface area contributed by atoms with Gasteiger partial charge in [0.05, 0.1) is 5.02 Å². The molecule has 3 nitrogen and oxygen atoms in total. The molecule has 1 unspecified atom stereocenters. The van der Waals surface area contributed by atoms with E-state index in [9.17, 15) is 0 Å². The number of halogens is 1. The molecule has 0 amide bonds. The number of rotatable bonds is 7. The molecule has 0 fully saturated rings. The molecule has 0 radical (unpaired) electrons. The van der Waals surface area contributed by atoms with Crippen LogP contribution in [0.15, 0.2) is 12.3 Å². The predicted molar refractivity (Wildman–Crippen MR) is 79.4 cm³/mol. The van der Waals surface area contributed by atoms with Crippen LogP contribution in [0.25, 0.3) is 0 Å². The molecule has 1 aromatic heterocycles. The lowest BCUT2D eigenvalue weighted by Crippen LogP contribution is -2.29. The standard InChI is InChI=1S/C14H24ClN3/c1-5-11(3)10-18(6-2)14-13(15)7-12(8-16-4)9-17-14/h7,9,11,16H,5-6,8,10H2,1-4H3. The minimum atomic E-state index is 0.653. The summed E-state index contributed by atoms with van der Waals surface area (Å²) in [5.41, 5.74) is 1.12. The van der Waals surface area contributed by atoms with Crippen molar-refractivity contribution in [2.24, 2.45) is 5.92 Å². The zero-order chi connectivity index (χ0) is 13.5. The van der Waals surface area contributed by atoms with Gasteiger partial charge in [0.1, 0.15) is 5.82 Å². The van der Waals surface area contributed by atoms with Crippen LogP contribution >= 0.6 is 11.6 Å². The van der Waals surface area contributed by atoms with Crippen LogP contribution < -0.4 is 10.2 Å². The third kappa shape index (κ3) is 4.14. The summed E-state index contributed by atoms with van der Waals surface area (Å²) in [6.45, 7) is 9.34. The fraction of sp³-hybridized carbons (Fsp3) is 0.643. The lowest BCUT2D eigenvalue weighted by Gasteiger charge is -2.26. The maximum atomic E-state index is 6.33. The monoisotopic (exact) mass is 269 g/mol. The maximum Gasteiger partial charge on any atom is 0.147 e. The Morgan fingerprint density at radius 1 is 1.44 bits per heavy atom. The molecule has 1 heterocycles. The van der Waals surface area contributed by atoms with Crippen molar-refractivity contribution < 1.29 is 0 Å².